The molecule has 5 nitrogen and oxygen atoms in total. The summed E-state index contributed by atoms with van der Waals surface area (Å²) in [7, 11) is 1.39. The molecule has 0 saturated heterocycles. The highest BCUT2D eigenvalue weighted by Gasteiger charge is 2.34. The van der Waals surface area contributed by atoms with E-state index in [0.717, 1.165) is 22.4 Å². The van der Waals surface area contributed by atoms with E-state index in [0.29, 0.717) is 13.1 Å². The first-order valence-corrected chi connectivity index (χ1v) is 9.58. The molecule has 2 aliphatic rings. The van der Waals surface area contributed by atoms with Gasteiger partial charge in [0.15, 0.2) is 0 Å². The van der Waals surface area contributed by atoms with Gasteiger partial charge in [-0.05, 0) is 22.8 Å². The van der Waals surface area contributed by atoms with Crippen LogP contribution < -0.4 is 5.32 Å². The molecule has 2 aliphatic heterocycles. The Labute approximate surface area is 156 Å². The van der Waals surface area contributed by atoms with Gasteiger partial charge in [0.25, 0.3) is 0 Å². The third kappa shape index (κ3) is 3.05. The summed E-state index contributed by atoms with van der Waals surface area (Å²) in [5.74, 6) is 0.0771. The number of carbonyl (C=O) groups excluding carboxylic acids is 2. The highest BCUT2D eigenvalue weighted by molar-refractivity contribution is 7.99. The Kier molecular flexibility index (Phi) is 4.59. The zero-order valence-corrected chi connectivity index (χ0v) is 15.3. The van der Waals surface area contributed by atoms with E-state index >= 15 is 0 Å². The number of esters is 1. The van der Waals surface area contributed by atoms with E-state index in [2.05, 4.69) is 17.4 Å². The van der Waals surface area contributed by atoms with Gasteiger partial charge in [0.05, 0.1) is 19.1 Å². The van der Waals surface area contributed by atoms with Gasteiger partial charge in [-0.3, -0.25) is 4.79 Å². The fourth-order valence-electron chi connectivity index (χ4n) is 3.63. The largest absolute Gasteiger partial charge is 0.468 e. The summed E-state index contributed by atoms with van der Waals surface area (Å²) < 4.78 is 4.95. The number of hydrogen-bond donors (Lipinski definition) is 1. The fourth-order valence-corrected chi connectivity index (χ4v) is 4.79. The maximum absolute atomic E-state index is 12.9. The second-order valence-corrected chi connectivity index (χ2v) is 7.57. The number of ether oxygens (including phenoxy) is 1. The number of nitrogens with zero attached hydrogens (tertiary/aromatic N) is 1. The first kappa shape index (κ1) is 17.0. The van der Waals surface area contributed by atoms with E-state index in [4.69, 9.17) is 4.74 Å². The molecular weight excluding hydrogens is 348 g/mol. The van der Waals surface area contributed by atoms with Crippen molar-refractivity contribution in [1.82, 2.24) is 10.2 Å². The second kappa shape index (κ2) is 7.03. The number of benzene rings is 2. The molecule has 2 unspecified atom stereocenters. The minimum atomic E-state index is -0.444. The maximum atomic E-state index is 12.9. The number of amides is 2. The molecule has 0 aromatic heterocycles. The first-order valence-electron chi connectivity index (χ1n) is 8.60. The molecule has 0 saturated carbocycles. The van der Waals surface area contributed by atoms with Crippen molar-refractivity contribution in [3.63, 3.8) is 0 Å². The molecule has 2 aromatic rings. The molecule has 0 spiro atoms. The molecule has 4 rings (SSSR count). The summed E-state index contributed by atoms with van der Waals surface area (Å²) in [5.41, 5.74) is 3.10. The van der Waals surface area contributed by atoms with Crippen molar-refractivity contribution >= 4 is 23.8 Å². The zero-order valence-electron chi connectivity index (χ0n) is 14.5. The number of nitrogens with one attached hydrogen (secondary N) is 1. The summed E-state index contributed by atoms with van der Waals surface area (Å²) in [6.07, 6.45) is 0. The molecule has 2 heterocycles. The standard InChI is InChI=1S/C20H20N2O3S/c1-25-19(23)16-11-22(10-13-6-2-3-7-14(13)16)20(24)21-17-12-26-18-9-5-4-8-15(17)18/h2-9,16-17H,10-12H2,1H3,(H,21,24). The average Bonchev–Trinajstić information content (AvgIpc) is 3.09. The maximum Gasteiger partial charge on any atom is 0.318 e. The Hall–Kier alpha value is -2.47. The number of thioether (sulfide) groups is 1. The lowest BCUT2D eigenvalue weighted by atomic mass is 9.90. The van der Waals surface area contributed by atoms with Crippen LogP contribution in [-0.4, -0.2) is 36.3 Å². The van der Waals surface area contributed by atoms with E-state index < -0.39 is 5.92 Å². The molecule has 0 bridgehead atoms. The van der Waals surface area contributed by atoms with E-state index in [1.54, 1.807) is 16.7 Å². The molecule has 134 valence electrons. The van der Waals surface area contributed by atoms with Crippen LogP contribution in [0.15, 0.2) is 53.4 Å². The van der Waals surface area contributed by atoms with Crippen LogP contribution in [0.3, 0.4) is 0 Å². The van der Waals surface area contributed by atoms with Crippen LogP contribution in [0.25, 0.3) is 0 Å². The van der Waals surface area contributed by atoms with E-state index in [9.17, 15) is 9.59 Å². The molecule has 0 aliphatic carbocycles. The Balaban J connectivity index is 1.53. The lowest BCUT2D eigenvalue weighted by Gasteiger charge is -2.34. The topological polar surface area (TPSA) is 58.6 Å². The van der Waals surface area contributed by atoms with Gasteiger partial charge in [0.2, 0.25) is 0 Å². The quantitative estimate of drug-likeness (QED) is 0.826. The average molecular weight is 368 g/mol. The van der Waals surface area contributed by atoms with Crippen molar-refractivity contribution in [3.05, 3.63) is 65.2 Å². The SMILES string of the molecule is COC(=O)C1CN(C(=O)NC2CSc3ccccc32)Cc2ccccc21. The Morgan fingerprint density at radius 3 is 2.65 bits per heavy atom. The van der Waals surface area contributed by atoms with Gasteiger partial charge in [0, 0.05) is 23.7 Å². The molecule has 0 radical (unpaired) electrons. The normalized spacial score (nSPS) is 20.9. The van der Waals surface area contributed by atoms with Crippen LogP contribution in [0.5, 0.6) is 0 Å². The van der Waals surface area contributed by atoms with Gasteiger partial charge in [-0.25, -0.2) is 4.79 Å². The number of rotatable bonds is 2. The molecule has 1 N–H and O–H groups in total. The lowest BCUT2D eigenvalue weighted by Crippen LogP contribution is -2.46. The van der Waals surface area contributed by atoms with Gasteiger partial charge in [0.1, 0.15) is 0 Å². The molecule has 6 heteroatoms. The van der Waals surface area contributed by atoms with Crippen molar-refractivity contribution in [2.75, 3.05) is 19.4 Å². The minimum Gasteiger partial charge on any atom is -0.468 e. The van der Waals surface area contributed by atoms with E-state index in [-0.39, 0.29) is 18.0 Å². The van der Waals surface area contributed by atoms with Crippen molar-refractivity contribution in [1.29, 1.82) is 0 Å². The van der Waals surface area contributed by atoms with Crippen LogP contribution >= 0.6 is 11.8 Å². The van der Waals surface area contributed by atoms with Gasteiger partial charge in [-0.15, -0.1) is 11.8 Å². The molecule has 2 aromatic carbocycles. The molecule has 0 fully saturated rings. The van der Waals surface area contributed by atoms with Gasteiger partial charge >= 0.3 is 12.0 Å². The zero-order chi connectivity index (χ0) is 18.1. The van der Waals surface area contributed by atoms with Crippen molar-refractivity contribution < 1.29 is 14.3 Å². The van der Waals surface area contributed by atoms with Crippen LogP contribution in [0, 0.1) is 0 Å². The summed E-state index contributed by atoms with van der Waals surface area (Å²) in [6, 6.07) is 15.7. The van der Waals surface area contributed by atoms with E-state index in [1.165, 1.54) is 12.0 Å². The van der Waals surface area contributed by atoms with Crippen LogP contribution in [-0.2, 0) is 16.1 Å². The number of hydrogen-bond acceptors (Lipinski definition) is 4. The predicted molar refractivity (Wildman–Crippen MR) is 100 cm³/mol. The van der Waals surface area contributed by atoms with Gasteiger partial charge in [-0.2, -0.15) is 0 Å². The van der Waals surface area contributed by atoms with Crippen LogP contribution in [0.4, 0.5) is 4.79 Å². The lowest BCUT2D eigenvalue weighted by molar-refractivity contribution is -0.143. The summed E-state index contributed by atoms with van der Waals surface area (Å²) in [4.78, 5) is 28.0. The third-order valence-corrected chi connectivity index (χ3v) is 6.15. The first-order chi connectivity index (χ1) is 12.7. The van der Waals surface area contributed by atoms with Crippen molar-refractivity contribution in [3.8, 4) is 0 Å². The number of fused-ring (bicyclic) bond motifs is 2. The Morgan fingerprint density at radius 2 is 1.85 bits per heavy atom. The van der Waals surface area contributed by atoms with Crippen LogP contribution in [0.2, 0.25) is 0 Å². The number of carbonyl (C=O) groups is 2. The third-order valence-electron chi connectivity index (χ3n) is 4.97. The van der Waals surface area contributed by atoms with Crippen molar-refractivity contribution in [2.24, 2.45) is 0 Å². The summed E-state index contributed by atoms with van der Waals surface area (Å²) in [6.45, 7) is 0.827. The number of methoxy groups -OCH3 is 1. The highest BCUT2D eigenvalue weighted by Crippen LogP contribution is 2.38. The molecule has 2 amide bonds. The second-order valence-electron chi connectivity index (χ2n) is 6.51. The number of urea groups is 1. The summed E-state index contributed by atoms with van der Waals surface area (Å²) in [5, 5.41) is 3.13. The minimum absolute atomic E-state index is 0.00236. The highest BCUT2D eigenvalue weighted by atomic mass is 32.2. The monoisotopic (exact) mass is 368 g/mol. The Morgan fingerprint density at radius 1 is 1.12 bits per heavy atom. The fraction of sp³-hybridized carbons (Fsp3) is 0.300. The van der Waals surface area contributed by atoms with Crippen LogP contribution in [0.1, 0.15) is 28.7 Å². The van der Waals surface area contributed by atoms with Gasteiger partial charge in [-0.1, -0.05) is 42.5 Å². The Bertz CT molecular complexity index is 854. The van der Waals surface area contributed by atoms with E-state index in [1.807, 2.05) is 36.4 Å². The summed E-state index contributed by atoms with van der Waals surface area (Å²) >= 11 is 1.75. The molecule has 26 heavy (non-hydrogen) atoms. The predicted octanol–water partition coefficient (Wildman–Crippen LogP) is 3.32. The van der Waals surface area contributed by atoms with Crippen molar-refractivity contribution in [2.45, 2.75) is 23.4 Å². The molecular formula is C20H20N2O3S. The smallest absolute Gasteiger partial charge is 0.318 e. The molecule has 2 atom stereocenters. The van der Waals surface area contributed by atoms with Gasteiger partial charge < -0.3 is 15.0 Å².